The first-order chi connectivity index (χ1) is 10.8. The molecule has 0 heterocycles. The molecule has 1 unspecified atom stereocenters. The molecule has 2 aromatic rings. The fourth-order valence-electron chi connectivity index (χ4n) is 3.25. The molecule has 0 bridgehead atoms. The predicted octanol–water partition coefficient (Wildman–Crippen LogP) is 4.29. The van der Waals surface area contributed by atoms with Crippen molar-refractivity contribution in [2.75, 3.05) is 6.54 Å². The minimum atomic E-state index is 0.378. The van der Waals surface area contributed by atoms with Gasteiger partial charge in [-0.15, -0.1) is 0 Å². The molecular formula is C20H25NO. The molecule has 0 amide bonds. The molecule has 0 spiro atoms. The van der Waals surface area contributed by atoms with Crippen LogP contribution in [0.4, 0.5) is 0 Å². The molecule has 1 fully saturated rings. The summed E-state index contributed by atoms with van der Waals surface area (Å²) in [5, 5.41) is 0. The fourth-order valence-corrected chi connectivity index (χ4v) is 3.25. The lowest BCUT2D eigenvalue weighted by atomic mass is 9.92. The summed E-state index contributed by atoms with van der Waals surface area (Å²) in [6, 6.07) is 19.1. The molecule has 0 saturated heterocycles. The number of ether oxygens (including phenoxy) is 1. The highest BCUT2D eigenvalue weighted by atomic mass is 16.5. The highest BCUT2D eigenvalue weighted by Gasteiger charge is 2.16. The van der Waals surface area contributed by atoms with Crippen LogP contribution < -0.4 is 10.5 Å². The van der Waals surface area contributed by atoms with Crippen LogP contribution in [0.1, 0.15) is 42.7 Å². The summed E-state index contributed by atoms with van der Waals surface area (Å²) in [7, 11) is 0. The first-order valence-corrected chi connectivity index (χ1v) is 8.36. The fraction of sp³-hybridized carbons (Fsp3) is 0.400. The third kappa shape index (κ3) is 3.89. The zero-order valence-electron chi connectivity index (χ0n) is 13.1. The Morgan fingerprint density at radius 1 is 0.955 bits per heavy atom. The molecular weight excluding hydrogens is 270 g/mol. The van der Waals surface area contributed by atoms with Crippen molar-refractivity contribution >= 4 is 0 Å². The summed E-state index contributed by atoms with van der Waals surface area (Å²) < 4.78 is 6.02. The minimum absolute atomic E-state index is 0.378. The van der Waals surface area contributed by atoms with Crippen LogP contribution in [-0.4, -0.2) is 12.6 Å². The van der Waals surface area contributed by atoms with Gasteiger partial charge in [-0.3, -0.25) is 0 Å². The normalized spacial score (nSPS) is 16.6. The molecule has 1 atom stereocenters. The average Bonchev–Trinajstić information content (AvgIpc) is 3.08. The van der Waals surface area contributed by atoms with Gasteiger partial charge in [-0.1, -0.05) is 42.5 Å². The van der Waals surface area contributed by atoms with Gasteiger partial charge in [-0.2, -0.15) is 0 Å². The van der Waals surface area contributed by atoms with Gasteiger partial charge in [0.25, 0.3) is 0 Å². The Labute approximate surface area is 133 Å². The van der Waals surface area contributed by atoms with Gasteiger partial charge in [0.05, 0.1) is 6.10 Å². The van der Waals surface area contributed by atoms with Gasteiger partial charge < -0.3 is 10.5 Å². The van der Waals surface area contributed by atoms with Crippen LogP contribution in [0.5, 0.6) is 5.75 Å². The third-order valence-corrected chi connectivity index (χ3v) is 4.57. The summed E-state index contributed by atoms with van der Waals surface area (Å²) in [5.41, 5.74) is 8.60. The molecule has 0 aromatic heterocycles. The van der Waals surface area contributed by atoms with Crippen molar-refractivity contribution in [2.24, 2.45) is 5.73 Å². The highest BCUT2D eigenvalue weighted by Crippen LogP contribution is 2.25. The van der Waals surface area contributed by atoms with E-state index in [1.165, 1.54) is 36.8 Å². The summed E-state index contributed by atoms with van der Waals surface area (Å²) in [5.74, 6) is 1.38. The van der Waals surface area contributed by atoms with Gasteiger partial charge in [-0.25, -0.2) is 0 Å². The largest absolute Gasteiger partial charge is 0.490 e. The zero-order chi connectivity index (χ0) is 15.2. The molecule has 0 aliphatic heterocycles. The van der Waals surface area contributed by atoms with E-state index in [9.17, 15) is 0 Å². The molecule has 1 aliphatic carbocycles. The van der Waals surface area contributed by atoms with Crippen LogP contribution in [0, 0.1) is 0 Å². The van der Waals surface area contributed by atoms with Gasteiger partial charge in [0.1, 0.15) is 5.75 Å². The number of rotatable bonds is 6. The summed E-state index contributed by atoms with van der Waals surface area (Å²) in [4.78, 5) is 0. The van der Waals surface area contributed by atoms with Crippen LogP contribution in [0.15, 0.2) is 54.6 Å². The number of benzene rings is 2. The highest BCUT2D eigenvalue weighted by molar-refractivity contribution is 5.30. The van der Waals surface area contributed by atoms with Crippen LogP contribution in [0.25, 0.3) is 0 Å². The monoisotopic (exact) mass is 295 g/mol. The quantitative estimate of drug-likeness (QED) is 0.862. The van der Waals surface area contributed by atoms with E-state index in [0.717, 1.165) is 12.2 Å². The average molecular weight is 295 g/mol. The Morgan fingerprint density at radius 2 is 1.64 bits per heavy atom. The van der Waals surface area contributed by atoms with Crippen molar-refractivity contribution in [3.63, 3.8) is 0 Å². The van der Waals surface area contributed by atoms with E-state index in [0.29, 0.717) is 18.6 Å². The van der Waals surface area contributed by atoms with Gasteiger partial charge in [-0.05, 0) is 61.9 Å². The first kappa shape index (κ1) is 15.1. The Bertz CT molecular complexity index is 558. The topological polar surface area (TPSA) is 35.2 Å². The van der Waals surface area contributed by atoms with E-state index in [-0.39, 0.29) is 0 Å². The molecule has 2 aromatic carbocycles. The molecule has 22 heavy (non-hydrogen) atoms. The molecule has 1 aliphatic rings. The van der Waals surface area contributed by atoms with Crippen molar-refractivity contribution in [1.82, 2.24) is 0 Å². The lowest BCUT2D eigenvalue weighted by molar-refractivity contribution is 0.210. The van der Waals surface area contributed by atoms with E-state index in [4.69, 9.17) is 10.5 Å². The molecule has 2 heteroatoms. The van der Waals surface area contributed by atoms with Crippen LogP contribution in [0.2, 0.25) is 0 Å². The lowest BCUT2D eigenvalue weighted by Gasteiger charge is -2.16. The van der Waals surface area contributed by atoms with Gasteiger partial charge >= 0.3 is 0 Å². The van der Waals surface area contributed by atoms with Crippen molar-refractivity contribution in [3.05, 3.63) is 65.7 Å². The standard InChI is InChI=1S/C20H25NO/c21-15-18(17-6-2-1-3-7-17)14-16-10-12-20(13-11-16)22-19-8-4-5-9-19/h1-3,6-7,10-13,18-19H,4-5,8-9,14-15,21H2. The van der Waals surface area contributed by atoms with Crippen molar-refractivity contribution in [2.45, 2.75) is 44.1 Å². The second kappa shape index (κ2) is 7.46. The van der Waals surface area contributed by atoms with Gasteiger partial charge in [0.15, 0.2) is 0 Å². The summed E-state index contributed by atoms with van der Waals surface area (Å²) in [6.45, 7) is 0.671. The maximum atomic E-state index is 6.02. The molecule has 1 saturated carbocycles. The van der Waals surface area contributed by atoms with Crippen molar-refractivity contribution < 1.29 is 4.74 Å². The SMILES string of the molecule is NCC(Cc1ccc(OC2CCCC2)cc1)c1ccccc1. The van der Waals surface area contributed by atoms with E-state index >= 15 is 0 Å². The molecule has 116 valence electrons. The zero-order valence-corrected chi connectivity index (χ0v) is 13.1. The van der Waals surface area contributed by atoms with E-state index in [1.807, 2.05) is 6.07 Å². The second-order valence-corrected chi connectivity index (χ2v) is 6.22. The maximum absolute atomic E-state index is 6.02. The Morgan fingerprint density at radius 3 is 2.27 bits per heavy atom. The van der Waals surface area contributed by atoms with E-state index in [1.54, 1.807) is 0 Å². The predicted molar refractivity (Wildman–Crippen MR) is 91.3 cm³/mol. The molecule has 2 nitrogen and oxygen atoms in total. The van der Waals surface area contributed by atoms with Crippen LogP contribution >= 0.6 is 0 Å². The lowest BCUT2D eigenvalue weighted by Crippen LogP contribution is -2.15. The number of hydrogen-bond donors (Lipinski definition) is 1. The number of hydrogen-bond acceptors (Lipinski definition) is 2. The van der Waals surface area contributed by atoms with Crippen molar-refractivity contribution in [1.29, 1.82) is 0 Å². The van der Waals surface area contributed by atoms with Gasteiger partial charge in [0, 0.05) is 5.92 Å². The molecule has 0 radical (unpaired) electrons. The second-order valence-electron chi connectivity index (χ2n) is 6.22. The molecule has 3 rings (SSSR count). The van der Waals surface area contributed by atoms with Crippen LogP contribution in [0.3, 0.4) is 0 Å². The van der Waals surface area contributed by atoms with Crippen LogP contribution in [-0.2, 0) is 6.42 Å². The van der Waals surface area contributed by atoms with E-state index < -0.39 is 0 Å². The maximum Gasteiger partial charge on any atom is 0.119 e. The summed E-state index contributed by atoms with van der Waals surface area (Å²) >= 11 is 0. The Hall–Kier alpha value is -1.80. The van der Waals surface area contributed by atoms with Gasteiger partial charge in [0.2, 0.25) is 0 Å². The Kier molecular flexibility index (Phi) is 5.12. The first-order valence-electron chi connectivity index (χ1n) is 8.36. The smallest absolute Gasteiger partial charge is 0.119 e. The molecule has 2 N–H and O–H groups in total. The Balaban J connectivity index is 1.62. The van der Waals surface area contributed by atoms with E-state index in [2.05, 4.69) is 48.5 Å². The van der Waals surface area contributed by atoms with Crippen molar-refractivity contribution in [3.8, 4) is 5.75 Å². The summed E-state index contributed by atoms with van der Waals surface area (Å²) in [6.07, 6.45) is 6.41. The minimum Gasteiger partial charge on any atom is -0.490 e. The third-order valence-electron chi connectivity index (χ3n) is 4.57. The number of nitrogens with two attached hydrogens (primary N) is 1.